The Hall–Kier alpha value is -1.07. The largest absolute Gasteiger partial charge is 0.387 e. The molecule has 1 rings (SSSR count). The summed E-state index contributed by atoms with van der Waals surface area (Å²) in [6.45, 7) is 3.08. The van der Waals surface area contributed by atoms with Gasteiger partial charge in [0.2, 0.25) is 0 Å². The molecule has 0 spiro atoms. The molecule has 0 amide bonds. The Kier molecular flexibility index (Phi) is 5.62. The maximum atomic E-state index is 13.4. The van der Waals surface area contributed by atoms with E-state index in [0.29, 0.717) is 0 Å². The molecule has 1 aromatic rings. The summed E-state index contributed by atoms with van der Waals surface area (Å²) >= 11 is 0. The molecular weight excluding hydrogens is 243 g/mol. The van der Waals surface area contributed by atoms with Gasteiger partial charge in [0, 0.05) is 18.2 Å². The van der Waals surface area contributed by atoms with Crippen molar-refractivity contribution in [2.24, 2.45) is 0 Å². The molecule has 5 heteroatoms. The molecule has 1 atom stereocenters. The van der Waals surface area contributed by atoms with Crippen LogP contribution < -0.4 is 0 Å². The van der Waals surface area contributed by atoms with Crippen molar-refractivity contribution >= 4 is 0 Å². The first-order chi connectivity index (χ1) is 8.41. The maximum Gasteiger partial charge on any atom is 0.251 e. The average molecular weight is 261 g/mol. The molecule has 0 aliphatic heterocycles. The van der Waals surface area contributed by atoms with E-state index in [1.165, 1.54) is 23.1 Å². The number of alkyl halides is 2. The zero-order valence-electron chi connectivity index (χ0n) is 10.5. The van der Waals surface area contributed by atoms with Crippen molar-refractivity contribution in [2.75, 3.05) is 13.1 Å². The first-order valence-corrected chi connectivity index (χ1v) is 5.86. The van der Waals surface area contributed by atoms with Crippen molar-refractivity contribution < 1.29 is 18.3 Å². The van der Waals surface area contributed by atoms with E-state index in [1.807, 2.05) is 0 Å². The Balaban J connectivity index is 2.72. The van der Waals surface area contributed by atoms with Gasteiger partial charge in [0.15, 0.2) is 0 Å². The van der Waals surface area contributed by atoms with Crippen LogP contribution >= 0.6 is 0 Å². The van der Waals surface area contributed by atoms with Gasteiger partial charge in [0.05, 0.1) is 12.6 Å². The van der Waals surface area contributed by atoms with Gasteiger partial charge in [-0.15, -0.1) is 0 Å². The van der Waals surface area contributed by atoms with Crippen LogP contribution in [0.25, 0.3) is 0 Å². The lowest BCUT2D eigenvalue weighted by Gasteiger charge is -2.28. The van der Waals surface area contributed by atoms with E-state index in [1.54, 1.807) is 19.9 Å². The molecule has 0 saturated carbocycles. The van der Waals surface area contributed by atoms with Crippen LogP contribution in [0.4, 0.5) is 13.2 Å². The fourth-order valence-electron chi connectivity index (χ4n) is 1.74. The van der Waals surface area contributed by atoms with Crippen LogP contribution in [-0.2, 0) is 0 Å². The van der Waals surface area contributed by atoms with Crippen LogP contribution in [0, 0.1) is 5.82 Å². The number of hydrogen-bond acceptors (Lipinski definition) is 2. The van der Waals surface area contributed by atoms with Gasteiger partial charge in [-0.25, -0.2) is 13.2 Å². The molecule has 0 radical (unpaired) electrons. The molecule has 18 heavy (non-hydrogen) atoms. The van der Waals surface area contributed by atoms with Gasteiger partial charge in [-0.3, -0.25) is 4.90 Å². The van der Waals surface area contributed by atoms with E-state index < -0.39 is 24.9 Å². The summed E-state index contributed by atoms with van der Waals surface area (Å²) in [5, 5.41) is 9.91. The lowest BCUT2D eigenvalue weighted by atomic mass is 10.1. The van der Waals surface area contributed by atoms with Gasteiger partial charge < -0.3 is 5.11 Å². The number of rotatable bonds is 6. The fourth-order valence-corrected chi connectivity index (χ4v) is 1.74. The average Bonchev–Trinajstić information content (AvgIpc) is 2.27. The highest BCUT2D eigenvalue weighted by atomic mass is 19.3. The van der Waals surface area contributed by atoms with E-state index in [-0.39, 0.29) is 18.2 Å². The predicted molar refractivity (Wildman–Crippen MR) is 64.1 cm³/mol. The second kappa shape index (κ2) is 6.75. The van der Waals surface area contributed by atoms with Crippen LogP contribution in [0.1, 0.15) is 25.5 Å². The highest BCUT2D eigenvalue weighted by Crippen LogP contribution is 2.19. The van der Waals surface area contributed by atoms with Crippen molar-refractivity contribution in [2.45, 2.75) is 32.4 Å². The van der Waals surface area contributed by atoms with Crippen LogP contribution in [0.2, 0.25) is 0 Å². The third-order valence-electron chi connectivity index (χ3n) is 2.77. The summed E-state index contributed by atoms with van der Waals surface area (Å²) in [5.41, 5.74) is 0.136. The SMILES string of the molecule is CC(C)N(CC(F)F)CC(O)c1ccccc1F. The van der Waals surface area contributed by atoms with Gasteiger partial charge in [-0.1, -0.05) is 18.2 Å². The van der Waals surface area contributed by atoms with Crippen LogP contribution in [0.5, 0.6) is 0 Å². The third-order valence-corrected chi connectivity index (χ3v) is 2.77. The molecule has 0 bridgehead atoms. The Labute approximate surface area is 105 Å². The van der Waals surface area contributed by atoms with Crippen molar-refractivity contribution in [1.29, 1.82) is 0 Å². The lowest BCUT2D eigenvalue weighted by Crippen LogP contribution is -2.38. The van der Waals surface area contributed by atoms with Crippen molar-refractivity contribution in [1.82, 2.24) is 4.90 Å². The van der Waals surface area contributed by atoms with Gasteiger partial charge in [-0.05, 0) is 19.9 Å². The smallest absolute Gasteiger partial charge is 0.251 e. The van der Waals surface area contributed by atoms with Gasteiger partial charge >= 0.3 is 0 Å². The summed E-state index contributed by atoms with van der Waals surface area (Å²) in [4.78, 5) is 1.43. The van der Waals surface area contributed by atoms with E-state index in [0.717, 1.165) is 0 Å². The topological polar surface area (TPSA) is 23.5 Å². The van der Waals surface area contributed by atoms with E-state index >= 15 is 0 Å². The van der Waals surface area contributed by atoms with Gasteiger partial charge in [-0.2, -0.15) is 0 Å². The minimum absolute atomic E-state index is 0.0110. The van der Waals surface area contributed by atoms with Crippen molar-refractivity contribution in [3.8, 4) is 0 Å². The number of halogens is 3. The van der Waals surface area contributed by atoms with E-state index in [9.17, 15) is 18.3 Å². The number of benzene rings is 1. The number of nitrogens with zero attached hydrogens (tertiary/aromatic N) is 1. The number of aliphatic hydroxyl groups excluding tert-OH is 1. The summed E-state index contributed by atoms with van der Waals surface area (Å²) in [6, 6.07) is 5.69. The quantitative estimate of drug-likeness (QED) is 0.851. The van der Waals surface area contributed by atoms with E-state index in [2.05, 4.69) is 0 Å². The zero-order valence-corrected chi connectivity index (χ0v) is 10.5. The normalized spacial score (nSPS) is 13.6. The van der Waals surface area contributed by atoms with Gasteiger partial charge in [0.1, 0.15) is 5.82 Å². The maximum absolute atomic E-state index is 13.4. The molecule has 0 aliphatic carbocycles. The van der Waals surface area contributed by atoms with Crippen molar-refractivity contribution in [3.63, 3.8) is 0 Å². The van der Waals surface area contributed by atoms with Crippen molar-refractivity contribution in [3.05, 3.63) is 35.6 Å². The Morgan fingerprint density at radius 1 is 1.17 bits per heavy atom. The van der Waals surface area contributed by atoms with Crippen LogP contribution in [-0.4, -0.2) is 35.6 Å². The molecule has 1 aromatic carbocycles. The second-order valence-corrected chi connectivity index (χ2v) is 4.48. The number of aliphatic hydroxyl groups is 1. The molecule has 0 saturated heterocycles. The number of hydrogen-bond donors (Lipinski definition) is 1. The lowest BCUT2D eigenvalue weighted by molar-refractivity contribution is 0.0381. The summed E-state index contributed by atoms with van der Waals surface area (Å²) in [7, 11) is 0. The monoisotopic (exact) mass is 261 g/mol. The standard InChI is InChI=1S/C13H18F3NO/c1-9(2)17(8-13(15)16)7-12(18)10-5-3-4-6-11(10)14/h3-6,9,12-13,18H,7-8H2,1-2H3. The Morgan fingerprint density at radius 3 is 2.28 bits per heavy atom. The Morgan fingerprint density at radius 2 is 1.78 bits per heavy atom. The minimum Gasteiger partial charge on any atom is -0.387 e. The Bertz CT molecular complexity index is 371. The molecule has 0 heterocycles. The predicted octanol–water partition coefficient (Wildman–Crippen LogP) is 2.83. The first kappa shape index (κ1) is 15.0. The summed E-state index contributed by atoms with van der Waals surface area (Å²) in [5.74, 6) is -0.522. The molecule has 0 aliphatic rings. The van der Waals surface area contributed by atoms with Crippen LogP contribution in [0.3, 0.4) is 0 Å². The second-order valence-electron chi connectivity index (χ2n) is 4.48. The van der Waals surface area contributed by atoms with E-state index in [4.69, 9.17) is 0 Å². The fraction of sp³-hybridized carbons (Fsp3) is 0.538. The summed E-state index contributed by atoms with van der Waals surface area (Å²) < 4.78 is 38.2. The summed E-state index contributed by atoms with van der Waals surface area (Å²) in [6.07, 6.45) is -3.58. The van der Waals surface area contributed by atoms with Gasteiger partial charge in [0.25, 0.3) is 6.43 Å². The highest BCUT2D eigenvalue weighted by Gasteiger charge is 2.21. The molecular formula is C13H18F3NO. The third kappa shape index (κ3) is 4.31. The zero-order chi connectivity index (χ0) is 13.7. The molecule has 0 aromatic heterocycles. The minimum atomic E-state index is -2.47. The highest BCUT2D eigenvalue weighted by molar-refractivity contribution is 5.20. The molecule has 1 unspecified atom stereocenters. The molecule has 2 nitrogen and oxygen atoms in total. The molecule has 1 N–H and O–H groups in total. The van der Waals surface area contributed by atoms with Crippen LogP contribution in [0.15, 0.2) is 24.3 Å². The first-order valence-electron chi connectivity index (χ1n) is 5.86. The molecule has 0 fully saturated rings. The molecule has 102 valence electrons.